The Hall–Kier alpha value is -0.830. The zero-order valence-corrected chi connectivity index (χ0v) is 17.4. The first-order chi connectivity index (χ1) is 10.5. The fourth-order valence-electron chi connectivity index (χ4n) is 2.58. The van der Waals surface area contributed by atoms with E-state index in [-0.39, 0.29) is 41.8 Å². The van der Waals surface area contributed by atoms with Gasteiger partial charge in [0.2, 0.25) is 5.91 Å². The van der Waals surface area contributed by atoms with Crippen LogP contribution in [0.25, 0.3) is 0 Å². The van der Waals surface area contributed by atoms with E-state index < -0.39 is 0 Å². The molecular formula is C16H27IN4OS. The van der Waals surface area contributed by atoms with Gasteiger partial charge in [-0.15, -0.1) is 35.3 Å². The smallest absolute Gasteiger partial charge is 0.225 e. The van der Waals surface area contributed by atoms with Crippen LogP contribution in [0.15, 0.2) is 16.4 Å². The molecule has 1 aliphatic heterocycles. The van der Waals surface area contributed by atoms with E-state index in [1.54, 1.807) is 18.4 Å². The van der Waals surface area contributed by atoms with Gasteiger partial charge in [-0.05, 0) is 30.4 Å². The molecule has 1 atom stereocenters. The highest BCUT2D eigenvalue weighted by Crippen LogP contribution is 2.15. The van der Waals surface area contributed by atoms with Crippen molar-refractivity contribution in [3.63, 3.8) is 0 Å². The molecule has 0 aromatic carbocycles. The quantitative estimate of drug-likeness (QED) is 0.421. The van der Waals surface area contributed by atoms with Crippen molar-refractivity contribution in [1.82, 2.24) is 15.5 Å². The number of hydrogen-bond acceptors (Lipinski definition) is 3. The molecule has 1 saturated heterocycles. The zero-order valence-electron chi connectivity index (χ0n) is 14.3. The van der Waals surface area contributed by atoms with E-state index in [2.05, 4.69) is 34.0 Å². The molecule has 1 aromatic rings. The Morgan fingerprint density at radius 3 is 2.83 bits per heavy atom. The topological polar surface area (TPSA) is 56.7 Å². The molecule has 2 N–H and O–H groups in total. The van der Waals surface area contributed by atoms with E-state index >= 15 is 0 Å². The summed E-state index contributed by atoms with van der Waals surface area (Å²) in [6, 6.07) is 2.41. The number of aliphatic imine (C=N–C) groups is 1. The Kier molecular flexibility index (Phi) is 8.32. The Labute approximate surface area is 160 Å². The third-order valence-corrected chi connectivity index (χ3v) is 4.97. The summed E-state index contributed by atoms with van der Waals surface area (Å²) in [6.07, 6.45) is 0.969. The number of carbonyl (C=O) groups excluding carboxylic acids is 1. The first kappa shape index (κ1) is 20.2. The maximum absolute atomic E-state index is 12.0. The van der Waals surface area contributed by atoms with Crippen LogP contribution in [-0.2, 0) is 11.3 Å². The monoisotopic (exact) mass is 450 g/mol. The van der Waals surface area contributed by atoms with Crippen molar-refractivity contribution in [2.75, 3.05) is 20.1 Å². The lowest BCUT2D eigenvalue weighted by Gasteiger charge is -2.20. The summed E-state index contributed by atoms with van der Waals surface area (Å²) < 4.78 is 0. The highest BCUT2D eigenvalue weighted by atomic mass is 127. The molecule has 130 valence electrons. The van der Waals surface area contributed by atoms with Crippen LogP contribution in [0.5, 0.6) is 0 Å². The second kappa shape index (κ2) is 9.46. The average molecular weight is 450 g/mol. The minimum absolute atomic E-state index is 0. The van der Waals surface area contributed by atoms with Crippen molar-refractivity contribution < 1.29 is 4.79 Å². The van der Waals surface area contributed by atoms with Gasteiger partial charge in [-0.2, -0.15) is 0 Å². The standard InChI is InChI=1S/C16H26N4OS.HI/c1-11(2)15(21)20-7-5-13(10-20)19-16(17-4)18-9-14-12(3)6-8-22-14;/h6,8,11,13H,5,7,9-10H2,1-4H3,(H2,17,18,19);1H. The SMILES string of the molecule is CN=C(NCc1sccc1C)NC1CCN(C(=O)C(C)C)C1.I. The predicted molar refractivity (Wildman–Crippen MR) is 108 cm³/mol. The highest BCUT2D eigenvalue weighted by Gasteiger charge is 2.27. The van der Waals surface area contributed by atoms with Crippen LogP contribution >= 0.6 is 35.3 Å². The molecule has 23 heavy (non-hydrogen) atoms. The summed E-state index contributed by atoms with van der Waals surface area (Å²) in [5, 5.41) is 8.88. The van der Waals surface area contributed by atoms with Gasteiger partial charge in [0.05, 0.1) is 6.54 Å². The number of guanidine groups is 1. The molecule has 1 amide bonds. The van der Waals surface area contributed by atoms with Crippen LogP contribution < -0.4 is 10.6 Å². The normalized spacial score (nSPS) is 18.0. The molecule has 0 spiro atoms. The summed E-state index contributed by atoms with van der Waals surface area (Å²) in [4.78, 5) is 19.6. The first-order valence-corrected chi connectivity index (χ1v) is 8.68. The number of nitrogens with one attached hydrogen (secondary N) is 2. The number of rotatable bonds is 4. The largest absolute Gasteiger partial charge is 0.352 e. The number of amides is 1. The molecule has 1 unspecified atom stereocenters. The number of nitrogens with zero attached hydrogens (tertiary/aromatic N) is 2. The molecule has 2 rings (SSSR count). The van der Waals surface area contributed by atoms with Crippen molar-refractivity contribution in [2.45, 2.75) is 39.8 Å². The lowest BCUT2D eigenvalue weighted by Crippen LogP contribution is -2.45. The molecule has 0 saturated carbocycles. The maximum atomic E-state index is 12.0. The van der Waals surface area contributed by atoms with Crippen molar-refractivity contribution in [1.29, 1.82) is 0 Å². The number of aryl methyl sites for hydroxylation is 1. The third-order valence-electron chi connectivity index (χ3n) is 3.94. The van der Waals surface area contributed by atoms with Gasteiger partial charge in [-0.3, -0.25) is 9.79 Å². The molecule has 0 aliphatic carbocycles. The lowest BCUT2D eigenvalue weighted by molar-refractivity contribution is -0.133. The fourth-order valence-corrected chi connectivity index (χ4v) is 3.43. The summed E-state index contributed by atoms with van der Waals surface area (Å²) >= 11 is 1.75. The third kappa shape index (κ3) is 5.63. The molecular weight excluding hydrogens is 423 g/mol. The number of likely N-dealkylation sites (tertiary alicyclic amines) is 1. The molecule has 1 aromatic heterocycles. The van der Waals surface area contributed by atoms with Crippen LogP contribution in [0, 0.1) is 12.8 Å². The van der Waals surface area contributed by atoms with Crippen LogP contribution in [0.1, 0.15) is 30.7 Å². The van der Waals surface area contributed by atoms with Gasteiger partial charge in [0.25, 0.3) is 0 Å². The zero-order chi connectivity index (χ0) is 16.1. The minimum Gasteiger partial charge on any atom is -0.352 e. The first-order valence-electron chi connectivity index (χ1n) is 7.80. The van der Waals surface area contributed by atoms with Crippen molar-refractivity contribution in [3.8, 4) is 0 Å². The van der Waals surface area contributed by atoms with Crippen LogP contribution in [-0.4, -0.2) is 42.9 Å². The number of hydrogen-bond donors (Lipinski definition) is 2. The van der Waals surface area contributed by atoms with Gasteiger partial charge in [-0.25, -0.2) is 0 Å². The number of thiophene rings is 1. The van der Waals surface area contributed by atoms with E-state index in [1.165, 1.54) is 10.4 Å². The highest BCUT2D eigenvalue weighted by molar-refractivity contribution is 14.0. The molecule has 7 heteroatoms. The summed E-state index contributed by atoms with van der Waals surface area (Å²) in [6.45, 7) is 8.39. The average Bonchev–Trinajstić information content (AvgIpc) is 3.11. The van der Waals surface area contributed by atoms with E-state index in [4.69, 9.17) is 0 Å². The van der Waals surface area contributed by atoms with Gasteiger partial charge in [0.15, 0.2) is 5.96 Å². The van der Waals surface area contributed by atoms with E-state index in [9.17, 15) is 4.79 Å². The summed E-state index contributed by atoms with van der Waals surface area (Å²) in [5.74, 6) is 1.11. The Morgan fingerprint density at radius 1 is 1.52 bits per heavy atom. The van der Waals surface area contributed by atoms with Gasteiger partial charge >= 0.3 is 0 Å². The van der Waals surface area contributed by atoms with Crippen LogP contribution in [0.2, 0.25) is 0 Å². The van der Waals surface area contributed by atoms with E-state index in [1.807, 2.05) is 18.7 Å². The molecule has 1 aliphatic rings. The van der Waals surface area contributed by atoms with Crippen LogP contribution in [0.4, 0.5) is 0 Å². The molecule has 2 heterocycles. The molecule has 5 nitrogen and oxygen atoms in total. The van der Waals surface area contributed by atoms with Crippen LogP contribution in [0.3, 0.4) is 0 Å². The maximum Gasteiger partial charge on any atom is 0.225 e. The number of halogens is 1. The van der Waals surface area contributed by atoms with Crippen molar-refractivity contribution in [3.05, 3.63) is 21.9 Å². The summed E-state index contributed by atoms with van der Waals surface area (Å²) in [7, 11) is 1.78. The second-order valence-corrected chi connectivity index (χ2v) is 7.02. The van der Waals surface area contributed by atoms with E-state index in [0.717, 1.165) is 32.0 Å². The molecule has 0 radical (unpaired) electrons. The second-order valence-electron chi connectivity index (χ2n) is 6.02. The van der Waals surface area contributed by atoms with Crippen molar-refractivity contribution in [2.24, 2.45) is 10.9 Å². The number of carbonyl (C=O) groups is 1. The predicted octanol–water partition coefficient (Wildman–Crippen LogP) is 2.60. The van der Waals surface area contributed by atoms with Gasteiger partial charge in [0, 0.05) is 37.0 Å². The van der Waals surface area contributed by atoms with E-state index in [0.29, 0.717) is 0 Å². The van der Waals surface area contributed by atoms with Gasteiger partial charge < -0.3 is 15.5 Å². The Morgan fingerprint density at radius 2 is 2.26 bits per heavy atom. The Balaban J connectivity index is 0.00000264. The minimum atomic E-state index is 0. The molecule has 0 bridgehead atoms. The molecule has 1 fully saturated rings. The lowest BCUT2D eigenvalue weighted by atomic mass is 10.2. The fraction of sp³-hybridized carbons (Fsp3) is 0.625. The van der Waals surface area contributed by atoms with Gasteiger partial charge in [-0.1, -0.05) is 13.8 Å². The van der Waals surface area contributed by atoms with Gasteiger partial charge in [0.1, 0.15) is 0 Å². The van der Waals surface area contributed by atoms with Crippen molar-refractivity contribution >= 4 is 47.2 Å². The Bertz CT molecular complexity index is 544. The summed E-state index contributed by atoms with van der Waals surface area (Å²) in [5.41, 5.74) is 1.31.